The Kier molecular flexibility index (Phi) is 8.34. The lowest BCUT2D eigenvalue weighted by Crippen LogP contribution is -2.66. The largest absolute Gasteiger partial charge is 0.444 e. The lowest BCUT2D eigenvalue weighted by atomic mass is 9.91. The molecule has 2 aliphatic heterocycles. The Labute approximate surface area is 223 Å². The summed E-state index contributed by atoms with van der Waals surface area (Å²) in [5.74, 6) is -0.632. The van der Waals surface area contributed by atoms with Gasteiger partial charge in [-0.2, -0.15) is 0 Å². The summed E-state index contributed by atoms with van der Waals surface area (Å²) in [5.41, 5.74) is 1.05. The Morgan fingerprint density at radius 2 is 1.63 bits per heavy atom. The van der Waals surface area contributed by atoms with Gasteiger partial charge in [-0.15, -0.1) is 0 Å². The third-order valence-corrected chi connectivity index (χ3v) is 6.74. The predicted molar refractivity (Wildman–Crippen MR) is 142 cm³/mol. The standard InChI is InChI=1S/C29H36N4O5/c1-29(2,3)38-27(36)31-23(17-20-11-6-4-7-12-20)26(35)30-22-15-10-16-32-24(22)18-25(34)33(28(32)37)19-21-13-8-5-9-14-21/h4-9,11-14,22-24H,10,15-19H2,1-3H3,(H,30,35)(H,31,36)/t22-,23+,24+/m1/s1. The number of urea groups is 1. The molecule has 5 amide bonds. The van der Waals surface area contributed by atoms with E-state index >= 15 is 0 Å². The molecule has 0 aliphatic carbocycles. The van der Waals surface area contributed by atoms with E-state index in [4.69, 9.17) is 4.74 Å². The molecule has 9 heteroatoms. The van der Waals surface area contributed by atoms with Gasteiger partial charge in [0.1, 0.15) is 11.6 Å². The molecular weight excluding hydrogens is 484 g/mol. The molecule has 202 valence electrons. The van der Waals surface area contributed by atoms with Crippen LogP contribution in [-0.2, 0) is 27.3 Å². The Bertz CT molecular complexity index is 1150. The fourth-order valence-corrected chi connectivity index (χ4v) is 4.98. The number of hydrogen-bond acceptors (Lipinski definition) is 5. The van der Waals surface area contributed by atoms with Crippen LogP contribution in [0.2, 0.25) is 0 Å². The number of imide groups is 1. The number of benzene rings is 2. The summed E-state index contributed by atoms with van der Waals surface area (Å²) < 4.78 is 5.39. The SMILES string of the molecule is CC(C)(C)OC(=O)N[C@@H](Cc1ccccc1)C(=O)N[C@@H]1CCCN2C(=O)N(Cc3ccccc3)C(=O)C[C@@H]12. The van der Waals surface area contributed by atoms with E-state index < -0.39 is 29.8 Å². The molecule has 0 spiro atoms. The van der Waals surface area contributed by atoms with Crippen molar-refractivity contribution in [3.8, 4) is 0 Å². The number of rotatable bonds is 7. The molecule has 0 radical (unpaired) electrons. The van der Waals surface area contributed by atoms with E-state index in [2.05, 4.69) is 10.6 Å². The van der Waals surface area contributed by atoms with Crippen LogP contribution in [0.4, 0.5) is 9.59 Å². The Hall–Kier alpha value is -3.88. The highest BCUT2D eigenvalue weighted by atomic mass is 16.6. The van der Waals surface area contributed by atoms with Crippen molar-refractivity contribution in [2.75, 3.05) is 6.54 Å². The summed E-state index contributed by atoms with van der Waals surface area (Å²) >= 11 is 0. The zero-order valence-electron chi connectivity index (χ0n) is 22.2. The van der Waals surface area contributed by atoms with Gasteiger partial charge in [0.15, 0.2) is 0 Å². The van der Waals surface area contributed by atoms with Gasteiger partial charge in [0.05, 0.1) is 12.6 Å². The van der Waals surface area contributed by atoms with Gasteiger partial charge < -0.3 is 20.3 Å². The van der Waals surface area contributed by atoms with Crippen molar-refractivity contribution < 1.29 is 23.9 Å². The first-order chi connectivity index (χ1) is 18.1. The number of nitrogens with zero attached hydrogens (tertiary/aromatic N) is 2. The van der Waals surface area contributed by atoms with Crippen molar-refractivity contribution >= 4 is 23.9 Å². The molecule has 38 heavy (non-hydrogen) atoms. The van der Waals surface area contributed by atoms with Crippen LogP contribution in [0.15, 0.2) is 60.7 Å². The van der Waals surface area contributed by atoms with Crippen molar-refractivity contribution in [1.82, 2.24) is 20.4 Å². The molecule has 2 aromatic carbocycles. The number of nitrogens with one attached hydrogen (secondary N) is 2. The Balaban J connectivity index is 1.46. The summed E-state index contributed by atoms with van der Waals surface area (Å²) in [6.45, 7) is 6.02. The maximum Gasteiger partial charge on any atom is 0.408 e. The topological polar surface area (TPSA) is 108 Å². The second-order valence-corrected chi connectivity index (χ2v) is 10.9. The lowest BCUT2D eigenvalue weighted by molar-refractivity contribution is -0.135. The van der Waals surface area contributed by atoms with Crippen molar-refractivity contribution in [3.63, 3.8) is 0 Å². The fourth-order valence-electron chi connectivity index (χ4n) is 4.98. The van der Waals surface area contributed by atoms with E-state index in [0.29, 0.717) is 19.4 Å². The van der Waals surface area contributed by atoms with Crippen LogP contribution in [0.3, 0.4) is 0 Å². The number of ether oxygens (including phenoxy) is 1. The summed E-state index contributed by atoms with van der Waals surface area (Å²) in [6, 6.07) is 16.8. The third-order valence-electron chi connectivity index (χ3n) is 6.74. The summed E-state index contributed by atoms with van der Waals surface area (Å²) in [5, 5.41) is 5.74. The van der Waals surface area contributed by atoms with Crippen LogP contribution in [0, 0.1) is 0 Å². The summed E-state index contributed by atoms with van der Waals surface area (Å²) in [4.78, 5) is 55.4. The molecule has 0 bridgehead atoms. The molecule has 2 aliphatic rings. The van der Waals surface area contributed by atoms with E-state index in [-0.39, 0.29) is 37.2 Å². The molecule has 2 aromatic rings. The average Bonchev–Trinajstić information content (AvgIpc) is 2.87. The average molecular weight is 521 g/mol. The normalized spacial score (nSPS) is 20.4. The number of piperidine rings is 1. The monoisotopic (exact) mass is 520 g/mol. The first-order valence-electron chi connectivity index (χ1n) is 13.1. The van der Waals surface area contributed by atoms with Crippen LogP contribution >= 0.6 is 0 Å². The van der Waals surface area contributed by atoms with Gasteiger partial charge in [0.25, 0.3) is 0 Å². The molecular formula is C29H36N4O5. The second-order valence-electron chi connectivity index (χ2n) is 10.9. The van der Waals surface area contributed by atoms with Crippen LogP contribution < -0.4 is 10.6 Å². The first-order valence-corrected chi connectivity index (χ1v) is 13.1. The van der Waals surface area contributed by atoms with E-state index in [0.717, 1.165) is 11.1 Å². The number of alkyl carbamates (subject to hydrolysis) is 1. The van der Waals surface area contributed by atoms with Gasteiger partial charge in [0.2, 0.25) is 11.8 Å². The zero-order chi connectivity index (χ0) is 27.3. The first kappa shape index (κ1) is 27.2. The highest BCUT2D eigenvalue weighted by Gasteiger charge is 2.44. The van der Waals surface area contributed by atoms with Gasteiger partial charge in [0, 0.05) is 25.4 Å². The molecule has 9 nitrogen and oxygen atoms in total. The third kappa shape index (κ3) is 6.90. The Morgan fingerprint density at radius 1 is 1.00 bits per heavy atom. The van der Waals surface area contributed by atoms with Crippen LogP contribution in [-0.4, -0.2) is 64.0 Å². The van der Waals surface area contributed by atoms with Crippen molar-refractivity contribution in [3.05, 3.63) is 71.8 Å². The van der Waals surface area contributed by atoms with Crippen molar-refractivity contribution in [2.45, 2.75) is 76.7 Å². The van der Waals surface area contributed by atoms with Gasteiger partial charge >= 0.3 is 12.1 Å². The molecule has 3 atom stereocenters. The summed E-state index contributed by atoms with van der Waals surface area (Å²) in [6.07, 6.45) is 1.06. The lowest BCUT2D eigenvalue weighted by Gasteiger charge is -2.46. The fraction of sp³-hybridized carbons (Fsp3) is 0.448. The van der Waals surface area contributed by atoms with Gasteiger partial charge in [-0.1, -0.05) is 60.7 Å². The van der Waals surface area contributed by atoms with Gasteiger partial charge in [-0.05, 0) is 44.7 Å². The van der Waals surface area contributed by atoms with Crippen molar-refractivity contribution in [1.29, 1.82) is 0 Å². The van der Waals surface area contributed by atoms with E-state index in [1.807, 2.05) is 60.7 Å². The minimum atomic E-state index is -0.882. The van der Waals surface area contributed by atoms with Gasteiger partial charge in [-0.25, -0.2) is 9.59 Å². The molecule has 0 unspecified atom stereocenters. The van der Waals surface area contributed by atoms with E-state index in [9.17, 15) is 19.2 Å². The smallest absolute Gasteiger partial charge is 0.408 e. The van der Waals surface area contributed by atoms with E-state index in [1.54, 1.807) is 25.7 Å². The highest BCUT2D eigenvalue weighted by molar-refractivity contribution is 5.97. The van der Waals surface area contributed by atoms with Crippen LogP contribution in [0.25, 0.3) is 0 Å². The number of amides is 5. The highest BCUT2D eigenvalue weighted by Crippen LogP contribution is 2.28. The second kappa shape index (κ2) is 11.7. The quantitative estimate of drug-likeness (QED) is 0.580. The maximum atomic E-state index is 13.5. The number of hydrogen-bond donors (Lipinski definition) is 2. The van der Waals surface area contributed by atoms with E-state index in [1.165, 1.54) is 4.90 Å². The molecule has 2 N–H and O–H groups in total. The minimum absolute atomic E-state index is 0.131. The molecule has 2 heterocycles. The number of carbonyl (C=O) groups is 4. The molecule has 2 saturated heterocycles. The maximum absolute atomic E-state index is 13.5. The summed E-state index contributed by atoms with van der Waals surface area (Å²) in [7, 11) is 0. The number of carbonyl (C=O) groups excluding carboxylic acids is 4. The minimum Gasteiger partial charge on any atom is -0.444 e. The van der Waals surface area contributed by atoms with Crippen LogP contribution in [0.5, 0.6) is 0 Å². The zero-order valence-corrected chi connectivity index (χ0v) is 22.2. The molecule has 2 fully saturated rings. The van der Waals surface area contributed by atoms with Crippen LogP contribution in [0.1, 0.15) is 51.2 Å². The number of fused-ring (bicyclic) bond motifs is 1. The predicted octanol–water partition coefficient (Wildman–Crippen LogP) is 3.62. The molecule has 4 rings (SSSR count). The van der Waals surface area contributed by atoms with Crippen molar-refractivity contribution in [2.24, 2.45) is 0 Å². The Morgan fingerprint density at radius 3 is 2.26 bits per heavy atom. The van der Waals surface area contributed by atoms with Gasteiger partial charge in [-0.3, -0.25) is 14.5 Å². The molecule has 0 aromatic heterocycles. The molecule has 0 saturated carbocycles.